The number of hydrogen-bond donors (Lipinski definition) is 4. The van der Waals surface area contributed by atoms with Gasteiger partial charge in [0.05, 0.1) is 28.8 Å². The molecule has 0 bridgehead atoms. The first kappa shape index (κ1) is 33.8. The Balaban J connectivity index is 1.52. The summed E-state index contributed by atoms with van der Waals surface area (Å²) in [6.07, 6.45) is 0.692. The van der Waals surface area contributed by atoms with Gasteiger partial charge in [0.15, 0.2) is 12.4 Å². The SMILES string of the molecule is COc1cccc2[nH]c(C(=O)N[C@H](CC(C)(C)C)C(=O)N[C@H](CC3CCNC3=O)C(=O)COC(=O)c3c(Cl)cccc3Cl)cc12. The van der Waals surface area contributed by atoms with E-state index in [4.69, 9.17) is 32.7 Å². The number of aromatic amines is 1. The van der Waals surface area contributed by atoms with Gasteiger partial charge in [-0.1, -0.05) is 56.1 Å². The van der Waals surface area contributed by atoms with Crippen LogP contribution in [0.15, 0.2) is 42.5 Å². The minimum atomic E-state index is -1.18. The molecule has 240 valence electrons. The smallest absolute Gasteiger partial charge is 0.341 e. The van der Waals surface area contributed by atoms with E-state index < -0.39 is 53.6 Å². The molecule has 1 aliphatic rings. The summed E-state index contributed by atoms with van der Waals surface area (Å²) in [5, 5.41) is 9.05. The third kappa shape index (κ3) is 8.55. The summed E-state index contributed by atoms with van der Waals surface area (Å²) in [5.74, 6) is -2.88. The van der Waals surface area contributed by atoms with Crippen LogP contribution in [0.3, 0.4) is 0 Å². The molecule has 2 aromatic carbocycles. The zero-order valence-electron chi connectivity index (χ0n) is 25.4. The second-order valence-electron chi connectivity index (χ2n) is 12.1. The Labute approximate surface area is 270 Å². The number of esters is 1. The van der Waals surface area contributed by atoms with E-state index >= 15 is 0 Å². The first-order valence-corrected chi connectivity index (χ1v) is 15.2. The van der Waals surface area contributed by atoms with Crippen molar-refractivity contribution in [2.45, 2.75) is 52.1 Å². The predicted octanol–water partition coefficient (Wildman–Crippen LogP) is 4.46. The Morgan fingerprint density at radius 1 is 1.02 bits per heavy atom. The molecule has 4 rings (SSSR count). The standard InChI is InChI=1S/C32H36Cl2N4O7/c1-32(2,3)15-24(38-29(41)23-14-18-21(36-23)9-6-10-26(18)44-4)30(42)37-22(13-17-11-12-35-28(17)40)25(39)16-45-31(43)27-19(33)7-5-8-20(27)34/h5-10,14,17,22,24,36H,11-13,15-16H2,1-4H3,(H,35,40)(H,37,42)(H,38,41)/t17?,22-,24-/m1/s1. The fraction of sp³-hybridized carbons (Fsp3) is 0.406. The molecular formula is C32H36Cl2N4O7. The molecule has 3 amide bonds. The molecule has 0 saturated carbocycles. The summed E-state index contributed by atoms with van der Waals surface area (Å²) in [5.41, 5.74) is 0.422. The molecule has 13 heteroatoms. The molecule has 1 unspecified atom stereocenters. The molecule has 1 aromatic heterocycles. The lowest BCUT2D eigenvalue weighted by Crippen LogP contribution is -2.53. The lowest BCUT2D eigenvalue weighted by atomic mass is 9.87. The van der Waals surface area contributed by atoms with Crippen molar-refractivity contribution < 1.29 is 33.4 Å². The van der Waals surface area contributed by atoms with Crippen LogP contribution >= 0.6 is 23.2 Å². The van der Waals surface area contributed by atoms with Gasteiger partial charge in [0.25, 0.3) is 5.91 Å². The fourth-order valence-corrected chi connectivity index (χ4v) is 5.74. The molecule has 3 aromatic rings. The van der Waals surface area contributed by atoms with E-state index in [1.165, 1.54) is 19.2 Å². The Bertz CT molecular complexity index is 1590. The molecule has 3 atom stereocenters. The maximum atomic E-state index is 13.7. The normalized spacial score (nSPS) is 16.0. The molecule has 0 radical (unpaired) electrons. The number of amides is 3. The van der Waals surface area contributed by atoms with Crippen molar-refractivity contribution in [3.63, 3.8) is 0 Å². The average molecular weight is 660 g/mol. The van der Waals surface area contributed by atoms with Crippen LogP contribution in [0.25, 0.3) is 10.9 Å². The largest absolute Gasteiger partial charge is 0.496 e. The highest BCUT2D eigenvalue weighted by Crippen LogP contribution is 2.28. The number of ether oxygens (including phenoxy) is 2. The van der Waals surface area contributed by atoms with Crippen LogP contribution in [0.4, 0.5) is 0 Å². The summed E-state index contributed by atoms with van der Waals surface area (Å²) >= 11 is 12.2. The number of halogens is 2. The average Bonchev–Trinajstić information content (AvgIpc) is 3.60. The van der Waals surface area contributed by atoms with Gasteiger partial charge in [-0.2, -0.15) is 0 Å². The molecule has 1 aliphatic heterocycles. The topological polar surface area (TPSA) is 156 Å². The summed E-state index contributed by atoms with van der Waals surface area (Å²) in [6.45, 7) is 5.48. The van der Waals surface area contributed by atoms with Crippen molar-refractivity contribution in [1.82, 2.24) is 20.9 Å². The minimum absolute atomic E-state index is 0.0151. The molecular weight excluding hydrogens is 623 g/mol. The highest BCUT2D eigenvalue weighted by molar-refractivity contribution is 6.39. The molecule has 11 nitrogen and oxygen atoms in total. The number of carbonyl (C=O) groups excluding carboxylic acids is 5. The van der Waals surface area contributed by atoms with E-state index in [2.05, 4.69) is 20.9 Å². The Morgan fingerprint density at radius 2 is 1.71 bits per heavy atom. The first-order chi connectivity index (χ1) is 21.3. The third-order valence-corrected chi connectivity index (χ3v) is 8.06. The number of rotatable bonds is 12. The highest BCUT2D eigenvalue weighted by atomic mass is 35.5. The maximum Gasteiger partial charge on any atom is 0.341 e. The van der Waals surface area contributed by atoms with Gasteiger partial charge >= 0.3 is 5.97 Å². The van der Waals surface area contributed by atoms with E-state index in [1.807, 2.05) is 20.8 Å². The van der Waals surface area contributed by atoms with E-state index in [0.717, 1.165) is 0 Å². The minimum Gasteiger partial charge on any atom is -0.496 e. The van der Waals surface area contributed by atoms with Gasteiger partial charge in [-0.3, -0.25) is 19.2 Å². The summed E-state index contributed by atoms with van der Waals surface area (Å²) in [4.78, 5) is 68.6. The number of hydrogen-bond acceptors (Lipinski definition) is 7. The predicted molar refractivity (Wildman–Crippen MR) is 170 cm³/mol. The van der Waals surface area contributed by atoms with E-state index in [9.17, 15) is 24.0 Å². The number of aromatic nitrogens is 1. The monoisotopic (exact) mass is 658 g/mol. The number of H-pyrrole nitrogens is 1. The van der Waals surface area contributed by atoms with Crippen molar-refractivity contribution in [2.24, 2.45) is 11.3 Å². The van der Waals surface area contributed by atoms with Gasteiger partial charge in [0.2, 0.25) is 11.8 Å². The van der Waals surface area contributed by atoms with Crippen LogP contribution < -0.4 is 20.7 Å². The van der Waals surface area contributed by atoms with Gasteiger partial charge in [0, 0.05) is 23.4 Å². The van der Waals surface area contributed by atoms with Crippen molar-refractivity contribution >= 4 is 63.6 Å². The van der Waals surface area contributed by atoms with Gasteiger partial charge in [-0.25, -0.2) is 4.79 Å². The lowest BCUT2D eigenvalue weighted by Gasteiger charge is -2.28. The van der Waals surface area contributed by atoms with E-state index in [0.29, 0.717) is 29.6 Å². The quantitative estimate of drug-likeness (QED) is 0.209. The molecule has 1 fully saturated rings. The second kappa shape index (κ2) is 14.3. The van der Waals surface area contributed by atoms with Crippen LogP contribution in [-0.2, 0) is 19.1 Å². The van der Waals surface area contributed by atoms with E-state index in [-0.39, 0.29) is 40.1 Å². The van der Waals surface area contributed by atoms with Crippen LogP contribution in [-0.4, -0.2) is 66.8 Å². The summed E-state index contributed by atoms with van der Waals surface area (Å²) < 4.78 is 10.6. The second-order valence-corrected chi connectivity index (χ2v) is 12.9. The van der Waals surface area contributed by atoms with Gasteiger partial charge < -0.3 is 30.4 Å². The van der Waals surface area contributed by atoms with Gasteiger partial charge in [0.1, 0.15) is 17.5 Å². The molecule has 0 aliphatic carbocycles. The van der Waals surface area contributed by atoms with Gasteiger partial charge in [-0.05, 0) is 55.0 Å². The highest BCUT2D eigenvalue weighted by Gasteiger charge is 2.35. The maximum absolute atomic E-state index is 13.7. The number of Topliss-reactive ketones (excluding diaryl/α,β-unsaturated/α-hetero) is 1. The van der Waals surface area contributed by atoms with Crippen LogP contribution in [0.2, 0.25) is 10.0 Å². The Kier molecular flexibility index (Phi) is 10.8. The first-order valence-electron chi connectivity index (χ1n) is 14.5. The van der Waals surface area contributed by atoms with Crippen molar-refractivity contribution in [3.05, 3.63) is 63.8 Å². The Morgan fingerprint density at radius 3 is 2.33 bits per heavy atom. The van der Waals surface area contributed by atoms with Crippen molar-refractivity contribution in [3.8, 4) is 5.75 Å². The van der Waals surface area contributed by atoms with Crippen molar-refractivity contribution in [2.75, 3.05) is 20.3 Å². The van der Waals surface area contributed by atoms with Crippen LogP contribution in [0, 0.1) is 11.3 Å². The summed E-state index contributed by atoms with van der Waals surface area (Å²) in [6, 6.07) is 9.27. The molecule has 45 heavy (non-hydrogen) atoms. The van der Waals surface area contributed by atoms with Crippen molar-refractivity contribution in [1.29, 1.82) is 0 Å². The third-order valence-electron chi connectivity index (χ3n) is 7.43. The van der Waals surface area contributed by atoms with Crippen LogP contribution in [0.1, 0.15) is 60.9 Å². The van der Waals surface area contributed by atoms with E-state index in [1.54, 1.807) is 30.3 Å². The van der Waals surface area contributed by atoms with Crippen LogP contribution in [0.5, 0.6) is 5.75 Å². The molecule has 4 N–H and O–H groups in total. The lowest BCUT2D eigenvalue weighted by molar-refractivity contribution is -0.132. The number of ketones is 1. The zero-order valence-corrected chi connectivity index (χ0v) is 26.9. The molecule has 0 spiro atoms. The van der Waals surface area contributed by atoms with Gasteiger partial charge in [-0.15, -0.1) is 0 Å². The zero-order chi connectivity index (χ0) is 32.9. The number of methoxy groups -OCH3 is 1. The fourth-order valence-electron chi connectivity index (χ4n) is 5.19. The molecule has 2 heterocycles. The number of fused-ring (bicyclic) bond motifs is 1. The number of nitrogens with one attached hydrogen (secondary N) is 4. The molecule has 1 saturated heterocycles. The number of benzene rings is 2. The Hall–Kier alpha value is -4.09. The number of carbonyl (C=O) groups is 5. The summed E-state index contributed by atoms with van der Waals surface area (Å²) in [7, 11) is 1.53.